The molecule has 4 rings (SSSR count). The average molecular weight is 499 g/mol. The van der Waals surface area contributed by atoms with E-state index in [0.29, 0.717) is 61.1 Å². The molecule has 2 N–H and O–H groups in total. The number of hydrogen-bond donors (Lipinski definition) is 2. The van der Waals surface area contributed by atoms with Gasteiger partial charge in [0.05, 0.1) is 5.39 Å². The average Bonchev–Trinajstić information content (AvgIpc) is 3.14. The second kappa shape index (κ2) is 8.85. The zero-order valence-electron chi connectivity index (χ0n) is 17.1. The molecule has 0 bridgehead atoms. The van der Waals surface area contributed by atoms with Gasteiger partial charge in [0.25, 0.3) is 5.95 Å². The van der Waals surface area contributed by atoms with Gasteiger partial charge >= 0.3 is 0 Å². The van der Waals surface area contributed by atoms with E-state index in [1.165, 1.54) is 6.33 Å². The molecule has 0 radical (unpaired) electrons. The molecule has 1 fully saturated rings. The first-order valence-corrected chi connectivity index (χ1v) is 10.8. The maximum atomic E-state index is 15.0. The Morgan fingerprint density at radius 1 is 1.06 bits per heavy atom. The van der Waals surface area contributed by atoms with Crippen LogP contribution in [0.5, 0.6) is 0 Å². The standard InChI is InChI=1S/C19H22BrF3N8/c1-10(2)3-4-24-14-12(21)16(23)27-19(13(14)22)31-7-5-30(6-8-31)18-11-15(20)28-29-17(11)25-9-26-18/h9-10H,3-8H2,1-2H3,(H,24,27)(H,25,26,28,29). The second-order valence-electron chi connectivity index (χ2n) is 7.75. The number of anilines is 3. The summed E-state index contributed by atoms with van der Waals surface area (Å²) in [6, 6.07) is 0. The molecule has 3 aromatic rings. The molecular formula is C19H22BrF3N8. The van der Waals surface area contributed by atoms with Crippen LogP contribution < -0.4 is 15.1 Å². The number of nitrogens with one attached hydrogen (secondary N) is 2. The number of fused-ring (bicyclic) bond motifs is 1. The Morgan fingerprint density at radius 3 is 2.42 bits per heavy atom. The summed E-state index contributed by atoms with van der Waals surface area (Å²) in [6.45, 7) is 6.04. The summed E-state index contributed by atoms with van der Waals surface area (Å²) < 4.78 is 44.0. The van der Waals surface area contributed by atoms with Gasteiger partial charge in [-0.3, -0.25) is 5.10 Å². The Balaban J connectivity index is 1.53. The summed E-state index contributed by atoms with van der Waals surface area (Å²) in [5, 5.41) is 10.4. The number of halogens is 4. The van der Waals surface area contributed by atoms with Gasteiger partial charge in [0.1, 0.15) is 22.4 Å². The van der Waals surface area contributed by atoms with E-state index in [1.54, 1.807) is 4.90 Å². The summed E-state index contributed by atoms with van der Waals surface area (Å²) in [7, 11) is 0. The van der Waals surface area contributed by atoms with Crippen molar-refractivity contribution in [2.45, 2.75) is 20.3 Å². The molecule has 0 atom stereocenters. The number of H-pyrrole nitrogens is 1. The van der Waals surface area contributed by atoms with Crippen LogP contribution in [0.3, 0.4) is 0 Å². The van der Waals surface area contributed by atoms with Crippen LogP contribution in [0.15, 0.2) is 10.9 Å². The van der Waals surface area contributed by atoms with Crippen LogP contribution in [0.4, 0.5) is 30.5 Å². The molecule has 8 nitrogen and oxygen atoms in total. The summed E-state index contributed by atoms with van der Waals surface area (Å²) >= 11 is 3.42. The van der Waals surface area contributed by atoms with Gasteiger partial charge in [-0.25, -0.2) is 14.4 Å². The summed E-state index contributed by atoms with van der Waals surface area (Å²) in [4.78, 5) is 15.7. The number of nitrogens with zero attached hydrogens (tertiary/aromatic N) is 6. The van der Waals surface area contributed by atoms with Crippen molar-refractivity contribution in [2.24, 2.45) is 5.92 Å². The van der Waals surface area contributed by atoms with Crippen LogP contribution in [-0.4, -0.2) is 57.9 Å². The Bertz CT molecular complexity index is 1080. The molecule has 1 aliphatic heterocycles. The van der Waals surface area contributed by atoms with Crippen molar-refractivity contribution in [1.29, 1.82) is 0 Å². The first-order chi connectivity index (χ1) is 14.9. The molecule has 0 aromatic carbocycles. The van der Waals surface area contributed by atoms with E-state index in [0.717, 1.165) is 5.39 Å². The van der Waals surface area contributed by atoms with E-state index in [9.17, 15) is 8.78 Å². The number of rotatable bonds is 6. The SMILES string of the molecule is CC(C)CCNc1c(F)c(F)nc(N2CCN(c3ncnc4n[nH]c(Br)c34)CC2)c1F. The fourth-order valence-electron chi connectivity index (χ4n) is 3.53. The lowest BCUT2D eigenvalue weighted by Gasteiger charge is -2.36. The molecule has 0 aliphatic carbocycles. The highest BCUT2D eigenvalue weighted by atomic mass is 79.9. The van der Waals surface area contributed by atoms with Crippen molar-refractivity contribution >= 4 is 44.3 Å². The van der Waals surface area contributed by atoms with Crippen molar-refractivity contribution in [2.75, 3.05) is 47.8 Å². The van der Waals surface area contributed by atoms with Gasteiger partial charge in [0, 0.05) is 32.7 Å². The molecular weight excluding hydrogens is 477 g/mol. The molecule has 0 saturated carbocycles. The topological polar surface area (TPSA) is 85.9 Å². The third-order valence-electron chi connectivity index (χ3n) is 5.21. The fourth-order valence-corrected chi connectivity index (χ4v) is 3.97. The normalized spacial score (nSPS) is 14.7. The van der Waals surface area contributed by atoms with Gasteiger partial charge in [0.15, 0.2) is 17.3 Å². The van der Waals surface area contributed by atoms with Gasteiger partial charge in [0.2, 0.25) is 5.82 Å². The highest BCUT2D eigenvalue weighted by Crippen LogP contribution is 2.31. The summed E-state index contributed by atoms with van der Waals surface area (Å²) in [5.74, 6) is -2.63. The zero-order valence-corrected chi connectivity index (χ0v) is 18.7. The minimum absolute atomic E-state index is 0.192. The van der Waals surface area contributed by atoms with Crippen LogP contribution >= 0.6 is 15.9 Å². The van der Waals surface area contributed by atoms with E-state index in [4.69, 9.17) is 0 Å². The first-order valence-electron chi connectivity index (χ1n) is 9.99. The van der Waals surface area contributed by atoms with Crippen molar-refractivity contribution in [3.8, 4) is 0 Å². The Hall–Kier alpha value is -2.63. The van der Waals surface area contributed by atoms with Crippen molar-refractivity contribution < 1.29 is 13.2 Å². The maximum Gasteiger partial charge on any atom is 0.253 e. The van der Waals surface area contributed by atoms with Crippen LogP contribution in [0.25, 0.3) is 11.0 Å². The smallest absolute Gasteiger partial charge is 0.253 e. The third-order valence-corrected chi connectivity index (χ3v) is 5.78. The Morgan fingerprint density at radius 2 is 1.74 bits per heavy atom. The van der Waals surface area contributed by atoms with Gasteiger partial charge in [-0.2, -0.15) is 18.9 Å². The second-order valence-corrected chi connectivity index (χ2v) is 8.54. The molecule has 0 amide bonds. The van der Waals surface area contributed by atoms with Crippen molar-refractivity contribution in [3.05, 3.63) is 28.5 Å². The van der Waals surface area contributed by atoms with Gasteiger partial charge in [-0.1, -0.05) is 13.8 Å². The quantitative estimate of drug-likeness (QED) is 0.501. The highest BCUT2D eigenvalue weighted by Gasteiger charge is 2.28. The van der Waals surface area contributed by atoms with E-state index in [-0.39, 0.29) is 5.82 Å². The minimum atomic E-state index is -1.31. The van der Waals surface area contributed by atoms with Crippen LogP contribution in [0.2, 0.25) is 0 Å². The molecule has 1 aliphatic rings. The third kappa shape index (κ3) is 4.25. The highest BCUT2D eigenvalue weighted by molar-refractivity contribution is 9.10. The maximum absolute atomic E-state index is 15.0. The number of piperazine rings is 1. The van der Waals surface area contributed by atoms with Crippen LogP contribution in [0, 0.1) is 23.5 Å². The summed E-state index contributed by atoms with van der Waals surface area (Å²) in [6.07, 6.45) is 2.14. The molecule has 4 heterocycles. The predicted molar refractivity (Wildman–Crippen MR) is 116 cm³/mol. The lowest BCUT2D eigenvalue weighted by molar-refractivity contribution is 0.464. The molecule has 12 heteroatoms. The molecule has 1 saturated heterocycles. The molecule has 31 heavy (non-hydrogen) atoms. The molecule has 3 aromatic heterocycles. The zero-order chi connectivity index (χ0) is 22.1. The Kier molecular flexibility index (Phi) is 6.17. The largest absolute Gasteiger partial charge is 0.380 e. The fraction of sp³-hybridized carbons (Fsp3) is 0.474. The van der Waals surface area contributed by atoms with Crippen molar-refractivity contribution in [3.63, 3.8) is 0 Å². The van der Waals surface area contributed by atoms with E-state index < -0.39 is 23.3 Å². The molecule has 166 valence electrons. The lowest BCUT2D eigenvalue weighted by Crippen LogP contribution is -2.47. The molecule has 0 spiro atoms. The Labute approximate surface area is 185 Å². The van der Waals surface area contributed by atoms with Gasteiger partial charge in [-0.05, 0) is 28.3 Å². The van der Waals surface area contributed by atoms with Gasteiger partial charge in [-0.15, -0.1) is 0 Å². The van der Waals surface area contributed by atoms with E-state index >= 15 is 4.39 Å². The number of aromatic nitrogens is 5. The van der Waals surface area contributed by atoms with Crippen LogP contribution in [0.1, 0.15) is 20.3 Å². The monoisotopic (exact) mass is 498 g/mol. The molecule has 0 unspecified atom stereocenters. The number of aromatic amines is 1. The van der Waals surface area contributed by atoms with Gasteiger partial charge < -0.3 is 15.1 Å². The first kappa shape index (κ1) is 21.6. The van der Waals surface area contributed by atoms with E-state index in [2.05, 4.69) is 46.4 Å². The van der Waals surface area contributed by atoms with Crippen molar-refractivity contribution in [1.82, 2.24) is 25.1 Å². The van der Waals surface area contributed by atoms with E-state index in [1.807, 2.05) is 18.7 Å². The predicted octanol–water partition coefficient (Wildman–Crippen LogP) is 3.71. The minimum Gasteiger partial charge on any atom is -0.380 e. The number of hydrogen-bond acceptors (Lipinski definition) is 7. The lowest BCUT2D eigenvalue weighted by atomic mass is 10.1. The van der Waals surface area contributed by atoms with Crippen LogP contribution in [-0.2, 0) is 0 Å². The summed E-state index contributed by atoms with van der Waals surface area (Å²) in [5.41, 5.74) is 0.0650. The number of pyridine rings is 1.